The second kappa shape index (κ2) is 4.93. The van der Waals surface area contributed by atoms with Gasteiger partial charge in [0.05, 0.1) is 27.6 Å². The van der Waals surface area contributed by atoms with Crippen molar-refractivity contribution in [3.8, 4) is 6.07 Å². The van der Waals surface area contributed by atoms with Gasteiger partial charge in [0.25, 0.3) is 0 Å². The van der Waals surface area contributed by atoms with Gasteiger partial charge in [-0.1, -0.05) is 12.2 Å². The van der Waals surface area contributed by atoms with Gasteiger partial charge in [-0.05, 0) is 37.5 Å². The van der Waals surface area contributed by atoms with Gasteiger partial charge in [-0.15, -0.1) is 10.8 Å². The topological polar surface area (TPSA) is 67.5 Å². The minimum absolute atomic E-state index is 0.00233. The number of nitrogens with zero attached hydrogens (tertiary/aromatic N) is 2. The van der Waals surface area contributed by atoms with E-state index in [-0.39, 0.29) is 23.4 Å². The number of benzene rings is 1. The highest BCUT2D eigenvalue weighted by Gasteiger charge is 2.66. The first-order valence-electron chi connectivity index (χ1n) is 7.96. The lowest BCUT2D eigenvalue weighted by molar-refractivity contribution is -0.137. The van der Waals surface area contributed by atoms with Crippen molar-refractivity contribution in [2.75, 3.05) is 10.8 Å². The zero-order chi connectivity index (χ0) is 18.2. The molecule has 2 bridgehead atoms. The van der Waals surface area contributed by atoms with Gasteiger partial charge >= 0.3 is 6.18 Å². The fraction of sp³-hybridized carbons (Fsp3) is 0.471. The second-order valence-corrected chi connectivity index (χ2v) is 9.46. The predicted molar refractivity (Wildman–Crippen MR) is 89.0 cm³/mol. The molecule has 134 valence electrons. The van der Waals surface area contributed by atoms with E-state index in [9.17, 15) is 22.3 Å². The Morgan fingerprint density at radius 3 is 2.64 bits per heavy atom. The molecule has 0 aromatic heterocycles. The average Bonchev–Trinajstić information content (AvgIpc) is 3.17. The van der Waals surface area contributed by atoms with Crippen LogP contribution in [0.25, 0.3) is 0 Å². The van der Waals surface area contributed by atoms with Gasteiger partial charge in [-0.2, -0.15) is 18.4 Å². The van der Waals surface area contributed by atoms with Crippen LogP contribution < -0.4 is 4.31 Å². The summed E-state index contributed by atoms with van der Waals surface area (Å²) in [6.45, 7) is 2.13. The highest BCUT2D eigenvalue weighted by Crippen LogP contribution is 2.74. The summed E-state index contributed by atoms with van der Waals surface area (Å²) in [7, 11) is -3.30. The Hall–Kier alpha value is -1.69. The first-order chi connectivity index (χ1) is 11.6. The number of anilines is 1. The van der Waals surface area contributed by atoms with E-state index in [4.69, 9.17) is 5.26 Å². The van der Waals surface area contributed by atoms with Crippen molar-refractivity contribution in [3.05, 3.63) is 41.5 Å². The SMILES string of the molecule is C[C@]12[C@H](CN(c3ccc(C#N)c(C(F)(F)F)c3)S1(O)O)[C@@H]1C=C[C@H]2C1. The van der Waals surface area contributed by atoms with E-state index in [0.29, 0.717) is 6.54 Å². The minimum atomic E-state index is -4.68. The zero-order valence-corrected chi connectivity index (χ0v) is 14.2. The Labute approximate surface area is 145 Å². The maximum Gasteiger partial charge on any atom is 0.417 e. The van der Waals surface area contributed by atoms with E-state index in [1.807, 2.05) is 13.0 Å². The third-order valence-corrected chi connectivity index (χ3v) is 8.84. The van der Waals surface area contributed by atoms with Gasteiger partial charge < -0.3 is 0 Å². The Kier molecular flexibility index (Phi) is 3.31. The van der Waals surface area contributed by atoms with Crippen LogP contribution in [-0.2, 0) is 6.18 Å². The summed E-state index contributed by atoms with van der Waals surface area (Å²) in [6.07, 6.45) is 0.269. The number of rotatable bonds is 1. The number of halogens is 3. The molecule has 1 saturated carbocycles. The van der Waals surface area contributed by atoms with Crippen molar-refractivity contribution >= 4 is 16.5 Å². The lowest BCUT2D eigenvalue weighted by Crippen LogP contribution is -2.40. The number of hydrogen-bond donors (Lipinski definition) is 2. The highest BCUT2D eigenvalue weighted by atomic mass is 32.3. The Bertz CT molecular complexity index is 817. The van der Waals surface area contributed by atoms with E-state index >= 15 is 0 Å². The molecule has 1 aliphatic heterocycles. The van der Waals surface area contributed by atoms with Crippen molar-refractivity contribution in [1.29, 1.82) is 5.26 Å². The summed E-state index contributed by atoms with van der Waals surface area (Å²) < 4.78 is 62.2. The van der Waals surface area contributed by atoms with E-state index in [0.717, 1.165) is 18.6 Å². The number of nitriles is 1. The van der Waals surface area contributed by atoms with Gasteiger partial charge in [-0.25, -0.2) is 0 Å². The normalized spacial score (nSPS) is 36.4. The molecule has 0 unspecified atom stereocenters. The molecular formula is C17H17F3N2O2S. The number of fused-ring (bicyclic) bond motifs is 5. The molecule has 1 saturated heterocycles. The van der Waals surface area contributed by atoms with E-state index < -0.39 is 32.8 Å². The van der Waals surface area contributed by atoms with Crippen LogP contribution in [0.4, 0.5) is 18.9 Å². The van der Waals surface area contributed by atoms with Crippen LogP contribution >= 0.6 is 10.8 Å². The second-order valence-electron chi connectivity index (χ2n) is 7.10. The largest absolute Gasteiger partial charge is 0.417 e. The molecular weight excluding hydrogens is 353 g/mol. The van der Waals surface area contributed by atoms with Gasteiger partial charge in [0.1, 0.15) is 0 Å². The highest BCUT2D eigenvalue weighted by molar-refractivity contribution is 8.26. The van der Waals surface area contributed by atoms with Crippen LogP contribution in [0.3, 0.4) is 0 Å². The molecule has 2 fully saturated rings. The third kappa shape index (κ3) is 2.03. The summed E-state index contributed by atoms with van der Waals surface area (Å²) in [4.78, 5) is 0. The predicted octanol–water partition coefficient (Wildman–Crippen LogP) is 4.64. The van der Waals surface area contributed by atoms with Crippen LogP contribution in [0.15, 0.2) is 30.4 Å². The van der Waals surface area contributed by atoms with Crippen molar-refractivity contribution in [2.24, 2.45) is 17.8 Å². The molecule has 1 aromatic carbocycles. The maximum absolute atomic E-state index is 13.2. The number of allylic oxidation sites excluding steroid dienone is 2. The zero-order valence-electron chi connectivity index (χ0n) is 13.4. The lowest BCUT2D eigenvalue weighted by atomic mass is 9.83. The molecule has 0 radical (unpaired) electrons. The van der Waals surface area contributed by atoms with Crippen molar-refractivity contribution < 1.29 is 22.3 Å². The summed E-state index contributed by atoms with van der Waals surface area (Å²) >= 11 is 0. The first kappa shape index (κ1) is 16.8. The summed E-state index contributed by atoms with van der Waals surface area (Å²) in [6, 6.07) is 4.86. The molecule has 4 rings (SSSR count). The summed E-state index contributed by atoms with van der Waals surface area (Å²) in [5.41, 5.74) is -1.42. The number of hydrogen-bond acceptors (Lipinski definition) is 4. The van der Waals surface area contributed by atoms with Crippen LogP contribution in [0.2, 0.25) is 0 Å². The molecule has 4 atom stereocenters. The fourth-order valence-electron chi connectivity index (χ4n) is 4.67. The van der Waals surface area contributed by atoms with Crippen LogP contribution in [-0.4, -0.2) is 20.4 Å². The molecule has 1 heterocycles. The standard InChI is InChI=1S/C17H17F3N2O2S/c1-16-12-4-2-10(6-12)15(16)9-22(25(16,23)24)13-5-3-11(8-21)14(7-13)17(18,19)20/h2-5,7,10,12,15,23-24H,6,9H2,1H3/t10-,12+,15-,16+/m1/s1. The molecule has 1 aromatic rings. The third-order valence-electron chi connectivity index (χ3n) is 6.08. The average molecular weight is 370 g/mol. The Morgan fingerprint density at radius 1 is 1.32 bits per heavy atom. The van der Waals surface area contributed by atoms with Crippen LogP contribution in [0, 0.1) is 29.1 Å². The molecule has 8 heteroatoms. The molecule has 0 amide bonds. The van der Waals surface area contributed by atoms with Gasteiger partial charge in [0.15, 0.2) is 0 Å². The smallest absolute Gasteiger partial charge is 0.281 e. The molecule has 25 heavy (non-hydrogen) atoms. The van der Waals surface area contributed by atoms with Crippen molar-refractivity contribution in [1.82, 2.24) is 0 Å². The first-order valence-corrected chi connectivity index (χ1v) is 9.46. The molecule has 2 aliphatic carbocycles. The number of alkyl halides is 3. The summed E-state index contributed by atoms with van der Waals surface area (Å²) in [5.74, 6) is 0.252. The quantitative estimate of drug-likeness (QED) is 0.707. The van der Waals surface area contributed by atoms with E-state index in [2.05, 4.69) is 6.08 Å². The molecule has 2 N–H and O–H groups in total. The fourth-order valence-corrected chi connectivity index (χ4v) is 7.15. The molecule has 4 nitrogen and oxygen atoms in total. The van der Waals surface area contributed by atoms with Gasteiger partial charge in [0.2, 0.25) is 0 Å². The van der Waals surface area contributed by atoms with Crippen LogP contribution in [0.1, 0.15) is 24.5 Å². The Morgan fingerprint density at radius 2 is 2.04 bits per heavy atom. The van der Waals surface area contributed by atoms with Crippen LogP contribution in [0.5, 0.6) is 0 Å². The molecule has 3 aliphatic rings. The van der Waals surface area contributed by atoms with E-state index in [1.54, 1.807) is 6.07 Å². The minimum Gasteiger partial charge on any atom is -0.281 e. The van der Waals surface area contributed by atoms with Crippen molar-refractivity contribution in [3.63, 3.8) is 0 Å². The monoisotopic (exact) mass is 370 g/mol. The van der Waals surface area contributed by atoms with Crippen molar-refractivity contribution in [2.45, 2.75) is 24.3 Å². The lowest BCUT2D eigenvalue weighted by Gasteiger charge is -2.50. The maximum atomic E-state index is 13.2. The van der Waals surface area contributed by atoms with Gasteiger partial charge in [-0.3, -0.25) is 13.4 Å². The molecule has 0 spiro atoms. The summed E-state index contributed by atoms with van der Waals surface area (Å²) in [5, 5.41) is 8.93. The van der Waals surface area contributed by atoms with Gasteiger partial charge in [0, 0.05) is 18.4 Å². The Balaban J connectivity index is 1.79. The van der Waals surface area contributed by atoms with E-state index in [1.165, 1.54) is 10.4 Å².